The largest absolute Gasteiger partial charge is 0.348 e. The lowest BCUT2D eigenvalue weighted by Gasteiger charge is -2.20. The first-order valence-electron chi connectivity index (χ1n) is 3.71. The van der Waals surface area contributed by atoms with Gasteiger partial charge in [0.05, 0.1) is 11.4 Å². The quantitative estimate of drug-likeness (QED) is 0.524. The van der Waals surface area contributed by atoms with Crippen LogP contribution in [-0.4, -0.2) is 0 Å². The van der Waals surface area contributed by atoms with Gasteiger partial charge in [-0.2, -0.15) is 0 Å². The third-order valence-electron chi connectivity index (χ3n) is 2.09. The number of fused-ring (bicyclic) bond motifs is 2. The third-order valence-corrected chi connectivity index (χ3v) is 2.84. The predicted molar refractivity (Wildman–Crippen MR) is 52.2 cm³/mol. The molecule has 0 atom stereocenters. The van der Waals surface area contributed by atoms with Crippen LogP contribution < -0.4 is 21.5 Å². The summed E-state index contributed by atoms with van der Waals surface area (Å²) in [5, 5.41) is 9.61. The Morgan fingerprint density at radius 2 is 1.38 bits per heavy atom. The molecule has 2 N–H and O–H groups in total. The Morgan fingerprint density at radius 3 is 1.85 bits per heavy atom. The van der Waals surface area contributed by atoms with Crippen molar-refractivity contribution in [1.82, 2.24) is 0 Å². The van der Waals surface area contributed by atoms with E-state index in [4.69, 9.17) is 0 Å². The molecule has 0 saturated carbocycles. The van der Waals surface area contributed by atoms with E-state index in [1.54, 1.807) is 0 Å². The van der Waals surface area contributed by atoms with Crippen molar-refractivity contribution in [3.8, 4) is 0 Å². The van der Waals surface area contributed by atoms with Gasteiger partial charge in [0.1, 0.15) is 11.4 Å². The summed E-state index contributed by atoms with van der Waals surface area (Å²) < 4.78 is 0. The fourth-order valence-electron chi connectivity index (χ4n) is 1.39. The molecule has 2 heterocycles. The van der Waals surface area contributed by atoms with Crippen LogP contribution in [0.4, 0.5) is 22.7 Å². The average molecular weight is 192 g/mol. The van der Waals surface area contributed by atoms with Crippen molar-refractivity contribution in [2.45, 2.75) is 0 Å². The summed E-state index contributed by atoms with van der Waals surface area (Å²) in [5.41, 5.74) is 1.67. The van der Waals surface area contributed by atoms with Gasteiger partial charge in [-0.1, -0.05) is 0 Å². The molecule has 1 aromatic heterocycles. The number of hydrogen-bond acceptors (Lipinski definition) is 5. The van der Waals surface area contributed by atoms with Gasteiger partial charge in [-0.3, -0.25) is 9.59 Å². The lowest BCUT2D eigenvalue weighted by molar-refractivity contribution is 1.34. The highest BCUT2D eigenvalue weighted by atomic mass is 32.1. The Kier molecular flexibility index (Phi) is 1.05. The second-order valence-electron chi connectivity index (χ2n) is 2.86. The molecular weight excluding hydrogens is 188 g/mol. The van der Waals surface area contributed by atoms with E-state index in [1.807, 2.05) is 10.8 Å². The van der Waals surface area contributed by atoms with E-state index >= 15 is 0 Å². The first-order valence-corrected chi connectivity index (χ1v) is 4.65. The van der Waals surface area contributed by atoms with Crippen LogP contribution in [0.1, 0.15) is 0 Å². The summed E-state index contributed by atoms with van der Waals surface area (Å²) in [6, 6.07) is 0. The van der Waals surface area contributed by atoms with Gasteiger partial charge in [-0.25, -0.2) is 0 Å². The van der Waals surface area contributed by atoms with Gasteiger partial charge in [0.15, 0.2) is 0 Å². The van der Waals surface area contributed by atoms with E-state index in [0.29, 0.717) is 11.4 Å². The maximum Gasteiger partial charge on any atom is 0.253 e. The highest BCUT2D eigenvalue weighted by molar-refractivity contribution is 7.09. The number of thiophene rings is 1. The number of anilines is 4. The Balaban J connectivity index is 2.21. The molecule has 4 nitrogen and oxygen atoms in total. The van der Waals surface area contributed by atoms with Crippen LogP contribution in [0.5, 0.6) is 0 Å². The average Bonchev–Trinajstić information content (AvgIpc) is 2.61. The molecule has 1 aromatic carbocycles. The van der Waals surface area contributed by atoms with Crippen molar-refractivity contribution in [2.24, 2.45) is 0 Å². The van der Waals surface area contributed by atoms with E-state index in [0.717, 1.165) is 11.4 Å². The number of nitrogens with one attached hydrogen (secondary N) is 2. The molecule has 5 heteroatoms. The summed E-state index contributed by atoms with van der Waals surface area (Å²) in [6.07, 6.45) is 0. The van der Waals surface area contributed by atoms with Crippen LogP contribution >= 0.6 is 11.3 Å². The molecule has 1 aliphatic heterocycles. The summed E-state index contributed by atoms with van der Waals surface area (Å²) in [5.74, 6) is 0. The van der Waals surface area contributed by atoms with Crippen molar-refractivity contribution in [1.29, 1.82) is 0 Å². The second kappa shape index (κ2) is 2.00. The van der Waals surface area contributed by atoms with Crippen LogP contribution in [-0.2, 0) is 0 Å². The fraction of sp³-hybridized carbons (Fsp3) is 0. The minimum Gasteiger partial charge on any atom is -0.348 e. The van der Waals surface area contributed by atoms with Crippen molar-refractivity contribution < 1.29 is 0 Å². The highest BCUT2D eigenvalue weighted by Gasteiger charge is 2.26. The molecule has 64 valence electrons. The van der Waals surface area contributed by atoms with Gasteiger partial charge in [0, 0.05) is 10.8 Å². The van der Waals surface area contributed by atoms with Crippen LogP contribution in [0.25, 0.3) is 0 Å². The Labute approximate surface area is 76.5 Å². The van der Waals surface area contributed by atoms with Crippen molar-refractivity contribution in [3.63, 3.8) is 0 Å². The minimum absolute atomic E-state index is 0.399. The lowest BCUT2D eigenvalue weighted by Crippen LogP contribution is -2.37. The maximum atomic E-state index is 11.0. The molecule has 0 fully saturated rings. The fourth-order valence-corrected chi connectivity index (χ4v) is 2.10. The monoisotopic (exact) mass is 192 g/mol. The second-order valence-corrected chi connectivity index (χ2v) is 3.60. The zero-order valence-electron chi connectivity index (χ0n) is 6.38. The van der Waals surface area contributed by atoms with E-state index in [2.05, 4.69) is 10.6 Å². The third kappa shape index (κ3) is 0.695. The van der Waals surface area contributed by atoms with Crippen molar-refractivity contribution in [3.05, 3.63) is 31.2 Å². The standard InChI is InChI=1S/C8H4N2O2S/c11-7-5-6(8(7)12)10-4-2-13-1-3(4)9-5/h1-2,9-10H. The van der Waals surface area contributed by atoms with Crippen LogP contribution in [0.15, 0.2) is 20.3 Å². The number of rotatable bonds is 0. The Morgan fingerprint density at radius 1 is 0.923 bits per heavy atom. The van der Waals surface area contributed by atoms with Gasteiger partial charge in [0.2, 0.25) is 0 Å². The molecule has 0 aliphatic carbocycles. The zero-order valence-corrected chi connectivity index (χ0v) is 7.20. The molecule has 0 bridgehead atoms. The molecular formula is C8H4N2O2S. The van der Waals surface area contributed by atoms with Gasteiger partial charge >= 0.3 is 0 Å². The Bertz CT molecular complexity index is 514. The van der Waals surface area contributed by atoms with Gasteiger partial charge in [-0.15, -0.1) is 11.3 Å². The van der Waals surface area contributed by atoms with Crippen LogP contribution in [0.3, 0.4) is 0 Å². The molecule has 0 saturated heterocycles. The van der Waals surface area contributed by atoms with E-state index < -0.39 is 10.9 Å². The van der Waals surface area contributed by atoms with E-state index in [1.165, 1.54) is 11.3 Å². The predicted octanol–water partition coefficient (Wildman–Crippen LogP) is 1.14. The van der Waals surface area contributed by atoms with Crippen LogP contribution in [0, 0.1) is 0 Å². The van der Waals surface area contributed by atoms with E-state index in [9.17, 15) is 9.59 Å². The summed E-state index contributed by atoms with van der Waals surface area (Å²) in [4.78, 5) is 22.0. The van der Waals surface area contributed by atoms with E-state index in [-0.39, 0.29) is 0 Å². The molecule has 0 radical (unpaired) electrons. The molecule has 13 heavy (non-hydrogen) atoms. The normalized spacial score (nSPS) is 12.9. The Hall–Kier alpha value is -1.62. The summed E-state index contributed by atoms with van der Waals surface area (Å²) in [7, 11) is 0. The van der Waals surface area contributed by atoms with Crippen molar-refractivity contribution >= 4 is 34.1 Å². The van der Waals surface area contributed by atoms with Gasteiger partial charge in [-0.05, 0) is 0 Å². The maximum absolute atomic E-state index is 11.0. The molecule has 2 aromatic rings. The molecule has 3 rings (SSSR count). The smallest absolute Gasteiger partial charge is 0.253 e. The van der Waals surface area contributed by atoms with Crippen LogP contribution in [0.2, 0.25) is 0 Å². The molecule has 0 unspecified atom stereocenters. The molecule has 1 aliphatic rings. The van der Waals surface area contributed by atoms with Gasteiger partial charge < -0.3 is 10.6 Å². The highest BCUT2D eigenvalue weighted by Crippen LogP contribution is 2.37. The lowest BCUT2D eigenvalue weighted by atomic mass is 10.1. The topological polar surface area (TPSA) is 58.2 Å². The van der Waals surface area contributed by atoms with Gasteiger partial charge in [0.25, 0.3) is 10.9 Å². The zero-order chi connectivity index (χ0) is 9.00. The summed E-state index contributed by atoms with van der Waals surface area (Å²) in [6.45, 7) is 0. The SMILES string of the molecule is O=c1c2c(c1=O)Nc1cscc1N2. The number of hydrogen-bond donors (Lipinski definition) is 2. The first kappa shape index (κ1) is 6.85. The molecule has 0 spiro atoms. The first-order chi connectivity index (χ1) is 6.27. The molecule has 0 amide bonds. The summed E-state index contributed by atoms with van der Waals surface area (Å²) >= 11 is 1.52. The van der Waals surface area contributed by atoms with Crippen molar-refractivity contribution in [2.75, 3.05) is 10.6 Å². The minimum atomic E-state index is -0.431.